The molecule has 1 saturated heterocycles. The van der Waals surface area contributed by atoms with Crippen molar-refractivity contribution >= 4 is 22.1 Å². The predicted molar refractivity (Wildman–Crippen MR) is 45.4 cm³/mol. The van der Waals surface area contributed by atoms with Gasteiger partial charge in [0.15, 0.2) is 0 Å². The highest BCUT2D eigenvalue weighted by Gasteiger charge is 2.08. The van der Waals surface area contributed by atoms with Gasteiger partial charge in [0.2, 0.25) is 0 Å². The van der Waals surface area contributed by atoms with Crippen molar-refractivity contribution in [3.05, 3.63) is 0 Å². The van der Waals surface area contributed by atoms with Crippen molar-refractivity contribution < 1.29 is 4.79 Å². The molecule has 1 rings (SSSR count). The van der Waals surface area contributed by atoms with Gasteiger partial charge in [-0.25, -0.2) is 0 Å². The minimum atomic E-state index is 0. The second-order valence-electron chi connectivity index (χ2n) is 2.06. The topological polar surface area (TPSA) is 17.1 Å². The van der Waals surface area contributed by atoms with Crippen molar-refractivity contribution in [1.82, 2.24) is 0 Å². The number of hydrogen-bond donors (Lipinski definition) is 0. The van der Waals surface area contributed by atoms with Gasteiger partial charge in [0.25, 0.3) is 0 Å². The average molecular weight is 146 g/mol. The number of Topliss-reactive ketones (excluding diaryl/α,β-unsaturated/α-hetero) is 1. The highest BCUT2D eigenvalue weighted by Crippen LogP contribution is 2.18. The lowest BCUT2D eigenvalue weighted by Gasteiger charge is -2.11. The van der Waals surface area contributed by atoms with Gasteiger partial charge < -0.3 is 0 Å². The smallest absolute Gasteiger partial charge is 0.134 e. The number of ketones is 1. The molecule has 0 aliphatic carbocycles. The molecule has 0 atom stereocenters. The molecule has 0 bridgehead atoms. The molecule has 2 heteroatoms. The lowest BCUT2D eigenvalue weighted by atomic mass is 10.2. The predicted octanol–water partition coefficient (Wildman–Crippen LogP) is 1.69. The number of carbonyl (C=O) groups excluding carboxylic acids is 1. The van der Waals surface area contributed by atoms with Crippen LogP contribution in [-0.2, 0) is 4.79 Å². The van der Waals surface area contributed by atoms with Gasteiger partial charge in [-0.1, -0.05) is 13.3 Å². The van der Waals surface area contributed by atoms with Gasteiger partial charge in [-0.05, 0) is 11.5 Å². The van der Waals surface area contributed by atoms with Crippen LogP contribution in [0.25, 0.3) is 0 Å². The quantitative estimate of drug-likeness (QED) is 0.475. The second-order valence-corrected chi connectivity index (χ2v) is 4.10. The van der Waals surface area contributed by atoms with Crippen LogP contribution in [0.4, 0.5) is 0 Å². The SMILES string of the molecule is C.C=S1CCC(=O)CC1. The highest BCUT2D eigenvalue weighted by molar-refractivity contribution is 8.14. The first-order chi connectivity index (χ1) is 3.79. The van der Waals surface area contributed by atoms with E-state index in [1.165, 1.54) is 0 Å². The van der Waals surface area contributed by atoms with Gasteiger partial charge in [-0.2, -0.15) is 10.5 Å². The van der Waals surface area contributed by atoms with Crippen molar-refractivity contribution in [2.45, 2.75) is 20.3 Å². The van der Waals surface area contributed by atoms with E-state index < -0.39 is 0 Å². The Morgan fingerprint density at radius 1 is 1.33 bits per heavy atom. The van der Waals surface area contributed by atoms with Crippen molar-refractivity contribution in [3.63, 3.8) is 0 Å². The Morgan fingerprint density at radius 2 is 1.78 bits per heavy atom. The van der Waals surface area contributed by atoms with Crippen molar-refractivity contribution in [2.24, 2.45) is 0 Å². The van der Waals surface area contributed by atoms with Crippen LogP contribution in [0.1, 0.15) is 20.3 Å². The Bertz CT molecular complexity index is 101. The zero-order valence-corrected chi connectivity index (χ0v) is 5.67. The number of hydrogen-bond acceptors (Lipinski definition) is 1. The summed E-state index contributed by atoms with van der Waals surface area (Å²) < 4.78 is 0. The molecule has 0 saturated carbocycles. The molecule has 1 nitrogen and oxygen atoms in total. The van der Waals surface area contributed by atoms with E-state index in [2.05, 4.69) is 5.87 Å². The van der Waals surface area contributed by atoms with Gasteiger partial charge in [0.1, 0.15) is 5.78 Å². The van der Waals surface area contributed by atoms with Crippen LogP contribution in [0, 0.1) is 0 Å². The molecule has 0 amide bonds. The van der Waals surface area contributed by atoms with E-state index in [0.29, 0.717) is 16.3 Å². The van der Waals surface area contributed by atoms with Crippen LogP contribution >= 0.6 is 10.5 Å². The lowest BCUT2D eigenvalue weighted by molar-refractivity contribution is -0.118. The molecule has 0 aromatic heterocycles. The van der Waals surface area contributed by atoms with E-state index in [9.17, 15) is 4.79 Å². The normalized spacial score (nSPS) is 21.1. The summed E-state index contributed by atoms with van der Waals surface area (Å²) in [6, 6.07) is 0. The van der Waals surface area contributed by atoms with E-state index in [1.54, 1.807) is 0 Å². The monoisotopic (exact) mass is 146 g/mol. The zero-order valence-electron chi connectivity index (χ0n) is 4.85. The molecule has 0 unspecified atom stereocenters. The van der Waals surface area contributed by atoms with E-state index in [-0.39, 0.29) is 7.43 Å². The maximum atomic E-state index is 10.6. The van der Waals surface area contributed by atoms with Gasteiger partial charge in [-0.15, -0.1) is 0 Å². The van der Waals surface area contributed by atoms with E-state index in [0.717, 1.165) is 24.3 Å². The molecule has 9 heavy (non-hydrogen) atoms. The third-order valence-corrected chi connectivity index (χ3v) is 2.90. The van der Waals surface area contributed by atoms with Gasteiger partial charge in [0, 0.05) is 12.8 Å². The highest BCUT2D eigenvalue weighted by atomic mass is 32.2. The molecular formula is C7H14OS. The van der Waals surface area contributed by atoms with Crippen molar-refractivity contribution in [2.75, 3.05) is 11.5 Å². The fraction of sp³-hybridized carbons (Fsp3) is 0.714. The first-order valence-electron chi connectivity index (χ1n) is 2.78. The van der Waals surface area contributed by atoms with E-state index in [1.807, 2.05) is 0 Å². The average Bonchev–Trinajstić information content (AvgIpc) is 1.77. The number of carbonyl (C=O) groups is 1. The second kappa shape index (κ2) is 3.83. The molecule has 0 spiro atoms. The summed E-state index contributed by atoms with van der Waals surface area (Å²) in [5.41, 5.74) is 0. The molecule has 1 aliphatic rings. The van der Waals surface area contributed by atoms with Crippen LogP contribution < -0.4 is 0 Å². The third-order valence-electron chi connectivity index (χ3n) is 1.34. The van der Waals surface area contributed by atoms with Crippen LogP contribution in [0.3, 0.4) is 0 Å². The maximum absolute atomic E-state index is 10.6. The van der Waals surface area contributed by atoms with Crippen LogP contribution in [0.5, 0.6) is 0 Å². The van der Waals surface area contributed by atoms with Crippen LogP contribution in [0.2, 0.25) is 0 Å². The zero-order chi connectivity index (χ0) is 5.98. The van der Waals surface area contributed by atoms with Gasteiger partial charge in [-0.3, -0.25) is 4.79 Å². The molecule has 0 aromatic rings. The third kappa shape index (κ3) is 2.80. The summed E-state index contributed by atoms with van der Waals surface area (Å²) in [7, 11) is 0.318. The summed E-state index contributed by atoms with van der Waals surface area (Å²) in [6.45, 7) is 0. The minimum absolute atomic E-state index is 0. The van der Waals surface area contributed by atoms with Crippen molar-refractivity contribution in [3.8, 4) is 0 Å². The summed E-state index contributed by atoms with van der Waals surface area (Å²) in [5, 5.41) is 0. The maximum Gasteiger partial charge on any atom is 0.134 e. The summed E-state index contributed by atoms with van der Waals surface area (Å²) >= 11 is 0. The molecule has 54 valence electrons. The fourth-order valence-electron chi connectivity index (χ4n) is 0.743. The molecule has 0 aromatic carbocycles. The van der Waals surface area contributed by atoms with E-state index >= 15 is 0 Å². The summed E-state index contributed by atoms with van der Waals surface area (Å²) in [5.74, 6) is 6.42. The summed E-state index contributed by atoms with van der Waals surface area (Å²) in [6.07, 6.45) is 1.57. The molecular weight excluding hydrogens is 132 g/mol. The molecule has 1 aliphatic heterocycles. The van der Waals surface area contributed by atoms with Gasteiger partial charge >= 0.3 is 0 Å². The Labute approximate surface area is 59.4 Å². The number of rotatable bonds is 0. The minimum Gasteiger partial charge on any atom is -0.300 e. The van der Waals surface area contributed by atoms with Crippen molar-refractivity contribution in [1.29, 1.82) is 0 Å². The first kappa shape index (κ1) is 8.89. The fourth-order valence-corrected chi connectivity index (χ4v) is 1.98. The van der Waals surface area contributed by atoms with Crippen LogP contribution in [0.15, 0.2) is 0 Å². The first-order valence-corrected chi connectivity index (χ1v) is 4.51. The Kier molecular flexibility index (Phi) is 3.78. The Morgan fingerprint density at radius 3 is 2.11 bits per heavy atom. The Hall–Kier alpha value is -0.110. The standard InChI is InChI=1S/C6H10OS.CH4/c1-8-4-2-6(7)3-5-8;/h1-5H2;1H4. The van der Waals surface area contributed by atoms with Gasteiger partial charge in [0.05, 0.1) is 0 Å². The Balaban J connectivity index is 0.000000640. The molecule has 1 heterocycles. The largest absolute Gasteiger partial charge is 0.300 e. The van der Waals surface area contributed by atoms with Crippen LogP contribution in [-0.4, -0.2) is 23.2 Å². The lowest BCUT2D eigenvalue weighted by Crippen LogP contribution is -2.08. The molecule has 0 N–H and O–H groups in total. The summed E-state index contributed by atoms with van der Waals surface area (Å²) in [4.78, 5) is 10.6. The molecule has 1 fully saturated rings. The van der Waals surface area contributed by atoms with E-state index in [4.69, 9.17) is 0 Å². The molecule has 0 radical (unpaired) electrons.